The third kappa shape index (κ3) is 4.63. The molecule has 0 saturated carbocycles. The van der Waals surface area contributed by atoms with Gasteiger partial charge in [-0.05, 0) is 36.5 Å². The molecule has 1 amide bonds. The third-order valence-electron chi connectivity index (χ3n) is 3.84. The molecule has 0 bridgehead atoms. The fraction of sp³-hybridized carbons (Fsp3) is 0.533. The molecule has 1 aromatic rings. The molecule has 22 heavy (non-hydrogen) atoms. The predicted molar refractivity (Wildman–Crippen MR) is 81.6 cm³/mol. The Morgan fingerprint density at radius 3 is 2.59 bits per heavy atom. The highest BCUT2D eigenvalue weighted by atomic mass is 35.5. The number of rotatable bonds is 4. The Bertz CT molecular complexity index is 510. The van der Waals surface area contributed by atoms with Crippen molar-refractivity contribution >= 4 is 18.3 Å². The van der Waals surface area contributed by atoms with Crippen molar-refractivity contribution in [2.75, 3.05) is 20.3 Å². The average Bonchev–Trinajstić information content (AvgIpc) is 2.50. The van der Waals surface area contributed by atoms with Crippen LogP contribution in [0.25, 0.3) is 0 Å². The van der Waals surface area contributed by atoms with E-state index in [1.807, 2.05) is 0 Å². The molecule has 1 unspecified atom stereocenters. The first-order valence-electron chi connectivity index (χ1n) is 7.01. The highest BCUT2D eigenvalue weighted by Crippen LogP contribution is 2.19. The van der Waals surface area contributed by atoms with Crippen LogP contribution in [0.1, 0.15) is 18.4 Å². The number of likely N-dealkylation sites (N-methyl/N-ethyl adjacent to an activating group) is 1. The second kappa shape index (κ2) is 8.41. The number of nitrogens with two attached hydrogens (primary N) is 1. The molecule has 0 radical (unpaired) electrons. The van der Waals surface area contributed by atoms with E-state index in [1.54, 1.807) is 7.05 Å². The van der Waals surface area contributed by atoms with Crippen molar-refractivity contribution in [2.24, 2.45) is 11.7 Å². The molecule has 2 N–H and O–H groups in total. The van der Waals surface area contributed by atoms with E-state index < -0.39 is 17.7 Å². The number of amides is 1. The lowest BCUT2D eigenvalue weighted by molar-refractivity contribution is -0.133. The molecule has 1 aliphatic rings. The molecule has 4 nitrogen and oxygen atoms in total. The molecular formula is C15H21ClF2N2O2. The zero-order valence-electron chi connectivity index (χ0n) is 12.4. The van der Waals surface area contributed by atoms with Gasteiger partial charge in [0.2, 0.25) is 5.91 Å². The van der Waals surface area contributed by atoms with Crippen LogP contribution in [0.15, 0.2) is 18.2 Å². The first-order chi connectivity index (χ1) is 9.99. The zero-order valence-corrected chi connectivity index (χ0v) is 13.2. The van der Waals surface area contributed by atoms with E-state index in [9.17, 15) is 13.6 Å². The number of carbonyl (C=O) groups is 1. The quantitative estimate of drug-likeness (QED) is 0.917. The van der Waals surface area contributed by atoms with Gasteiger partial charge in [-0.2, -0.15) is 0 Å². The van der Waals surface area contributed by atoms with Gasteiger partial charge in [0, 0.05) is 26.8 Å². The molecule has 124 valence electrons. The van der Waals surface area contributed by atoms with Gasteiger partial charge < -0.3 is 15.4 Å². The fourth-order valence-corrected chi connectivity index (χ4v) is 2.52. The highest BCUT2D eigenvalue weighted by molar-refractivity contribution is 5.85. The van der Waals surface area contributed by atoms with E-state index in [0.29, 0.717) is 18.8 Å². The lowest BCUT2D eigenvalue weighted by Crippen LogP contribution is -2.47. The van der Waals surface area contributed by atoms with Crippen LogP contribution in [-0.2, 0) is 16.1 Å². The summed E-state index contributed by atoms with van der Waals surface area (Å²) in [7, 11) is 1.61. The SMILES string of the molecule is CN(Cc1ccc(F)c(F)c1)C(=O)C(N)C1CCOCC1.Cl. The van der Waals surface area contributed by atoms with Crippen LogP contribution in [0.2, 0.25) is 0 Å². The first kappa shape index (κ1) is 18.8. The van der Waals surface area contributed by atoms with Crippen molar-refractivity contribution in [1.29, 1.82) is 0 Å². The topological polar surface area (TPSA) is 55.6 Å². The summed E-state index contributed by atoms with van der Waals surface area (Å²) < 4.78 is 31.3. The predicted octanol–water partition coefficient (Wildman–Crippen LogP) is 2.10. The molecule has 2 rings (SSSR count). The van der Waals surface area contributed by atoms with Crippen molar-refractivity contribution in [3.63, 3.8) is 0 Å². The number of carbonyl (C=O) groups excluding carboxylic acids is 1. The molecule has 1 fully saturated rings. The number of hydrogen-bond acceptors (Lipinski definition) is 3. The fourth-order valence-electron chi connectivity index (χ4n) is 2.52. The van der Waals surface area contributed by atoms with Crippen molar-refractivity contribution < 1.29 is 18.3 Å². The van der Waals surface area contributed by atoms with Gasteiger partial charge in [0.05, 0.1) is 6.04 Å². The summed E-state index contributed by atoms with van der Waals surface area (Å²) in [6.07, 6.45) is 1.54. The lowest BCUT2D eigenvalue weighted by atomic mass is 9.91. The normalized spacial score (nSPS) is 16.7. The standard InChI is InChI=1S/C15H20F2N2O2.ClH/c1-19(9-10-2-3-12(16)13(17)8-10)15(20)14(18)11-4-6-21-7-5-11;/h2-3,8,11,14H,4-7,9,18H2,1H3;1H. The van der Waals surface area contributed by atoms with Crippen LogP contribution < -0.4 is 5.73 Å². The van der Waals surface area contributed by atoms with E-state index in [-0.39, 0.29) is 30.8 Å². The molecule has 7 heteroatoms. The van der Waals surface area contributed by atoms with Crippen molar-refractivity contribution in [3.8, 4) is 0 Å². The summed E-state index contributed by atoms with van der Waals surface area (Å²) in [6.45, 7) is 1.45. The summed E-state index contributed by atoms with van der Waals surface area (Å²) in [5.74, 6) is -1.89. The van der Waals surface area contributed by atoms with Gasteiger partial charge in [0.25, 0.3) is 0 Å². The van der Waals surface area contributed by atoms with Gasteiger partial charge in [0.15, 0.2) is 11.6 Å². The summed E-state index contributed by atoms with van der Waals surface area (Å²) >= 11 is 0. The van der Waals surface area contributed by atoms with Crippen LogP contribution in [0.4, 0.5) is 8.78 Å². The minimum atomic E-state index is -0.915. The summed E-state index contributed by atoms with van der Waals surface area (Å²) in [6, 6.07) is 3.03. The molecule has 1 saturated heterocycles. The van der Waals surface area contributed by atoms with Crippen LogP contribution in [0.5, 0.6) is 0 Å². The zero-order chi connectivity index (χ0) is 15.4. The third-order valence-corrected chi connectivity index (χ3v) is 3.84. The second-order valence-corrected chi connectivity index (χ2v) is 5.42. The Morgan fingerprint density at radius 1 is 1.36 bits per heavy atom. The highest BCUT2D eigenvalue weighted by Gasteiger charge is 2.28. The Morgan fingerprint density at radius 2 is 2.00 bits per heavy atom. The Balaban J connectivity index is 0.00000242. The Kier molecular flexibility index (Phi) is 7.19. The van der Waals surface area contributed by atoms with Crippen molar-refractivity contribution in [1.82, 2.24) is 4.90 Å². The van der Waals surface area contributed by atoms with E-state index in [4.69, 9.17) is 10.5 Å². The number of hydrogen-bond donors (Lipinski definition) is 1. The van der Waals surface area contributed by atoms with Crippen LogP contribution in [-0.4, -0.2) is 37.1 Å². The van der Waals surface area contributed by atoms with E-state index in [2.05, 4.69) is 0 Å². The van der Waals surface area contributed by atoms with Gasteiger partial charge in [-0.1, -0.05) is 6.07 Å². The van der Waals surface area contributed by atoms with Crippen molar-refractivity contribution in [2.45, 2.75) is 25.4 Å². The van der Waals surface area contributed by atoms with Gasteiger partial charge >= 0.3 is 0 Å². The molecule has 1 aliphatic heterocycles. The minimum Gasteiger partial charge on any atom is -0.381 e. The molecular weight excluding hydrogens is 314 g/mol. The largest absolute Gasteiger partial charge is 0.381 e. The lowest BCUT2D eigenvalue weighted by Gasteiger charge is -2.29. The first-order valence-corrected chi connectivity index (χ1v) is 7.01. The number of ether oxygens (including phenoxy) is 1. The van der Waals surface area contributed by atoms with Crippen LogP contribution in [0, 0.1) is 17.6 Å². The maximum absolute atomic E-state index is 13.2. The molecule has 1 atom stereocenters. The summed E-state index contributed by atoms with van der Waals surface area (Å²) in [5.41, 5.74) is 6.55. The smallest absolute Gasteiger partial charge is 0.239 e. The minimum absolute atomic E-state index is 0. The van der Waals surface area contributed by atoms with E-state index in [0.717, 1.165) is 25.0 Å². The monoisotopic (exact) mass is 334 g/mol. The number of benzene rings is 1. The summed E-state index contributed by atoms with van der Waals surface area (Å²) in [4.78, 5) is 13.7. The van der Waals surface area contributed by atoms with Gasteiger partial charge in [-0.15, -0.1) is 12.4 Å². The van der Waals surface area contributed by atoms with E-state index >= 15 is 0 Å². The maximum atomic E-state index is 13.2. The summed E-state index contributed by atoms with van der Waals surface area (Å²) in [5, 5.41) is 0. The Labute approximate surface area is 135 Å². The van der Waals surface area contributed by atoms with Gasteiger partial charge in [-0.3, -0.25) is 4.79 Å². The maximum Gasteiger partial charge on any atom is 0.239 e. The molecule has 0 spiro atoms. The number of halogens is 3. The Hall–Kier alpha value is -1.24. The molecule has 1 aromatic carbocycles. The number of nitrogens with zero attached hydrogens (tertiary/aromatic N) is 1. The van der Waals surface area contributed by atoms with Crippen LogP contribution in [0.3, 0.4) is 0 Å². The molecule has 0 aliphatic carbocycles. The van der Waals surface area contributed by atoms with Gasteiger partial charge in [-0.25, -0.2) is 8.78 Å². The molecule has 1 heterocycles. The second-order valence-electron chi connectivity index (χ2n) is 5.42. The van der Waals surface area contributed by atoms with Gasteiger partial charge in [0.1, 0.15) is 0 Å². The van der Waals surface area contributed by atoms with Crippen molar-refractivity contribution in [3.05, 3.63) is 35.4 Å². The van der Waals surface area contributed by atoms with Crippen LogP contribution >= 0.6 is 12.4 Å². The molecule has 0 aromatic heterocycles. The van der Waals surface area contributed by atoms with E-state index in [1.165, 1.54) is 11.0 Å². The average molecular weight is 335 g/mol.